The molecule has 0 aliphatic rings. The number of aromatic nitrogens is 3. The highest BCUT2D eigenvalue weighted by Crippen LogP contribution is 2.24. The molecule has 0 radical (unpaired) electrons. The Morgan fingerprint density at radius 1 is 1.29 bits per heavy atom. The van der Waals surface area contributed by atoms with Crippen LogP contribution in [0.3, 0.4) is 0 Å². The molecule has 1 aromatic carbocycles. The molecule has 2 aromatic heterocycles. The molecule has 0 aliphatic carbocycles. The van der Waals surface area contributed by atoms with Crippen molar-refractivity contribution in [1.82, 2.24) is 14.8 Å². The highest BCUT2D eigenvalue weighted by Gasteiger charge is 2.09. The summed E-state index contributed by atoms with van der Waals surface area (Å²) < 4.78 is 14.7. The molecular formula is C15H12FN3O2. The summed E-state index contributed by atoms with van der Waals surface area (Å²) in [6.07, 6.45) is 3.19. The molecule has 0 saturated carbocycles. The van der Waals surface area contributed by atoms with Crippen molar-refractivity contribution in [2.45, 2.75) is 13.5 Å². The zero-order valence-corrected chi connectivity index (χ0v) is 11.2. The third-order valence-corrected chi connectivity index (χ3v) is 3.27. The number of carboxylic acids is 1. The van der Waals surface area contributed by atoms with Gasteiger partial charge in [-0.05, 0) is 36.2 Å². The number of hydrogen-bond acceptors (Lipinski definition) is 3. The van der Waals surface area contributed by atoms with Crippen LogP contribution in [0.4, 0.5) is 4.39 Å². The van der Waals surface area contributed by atoms with Gasteiger partial charge in [-0.25, -0.2) is 4.39 Å². The van der Waals surface area contributed by atoms with Gasteiger partial charge in [0, 0.05) is 11.8 Å². The van der Waals surface area contributed by atoms with Crippen molar-refractivity contribution >= 4 is 17.0 Å². The van der Waals surface area contributed by atoms with Crippen LogP contribution in [-0.4, -0.2) is 25.8 Å². The van der Waals surface area contributed by atoms with Gasteiger partial charge < -0.3 is 5.11 Å². The number of carboxylic acid groups (broad SMARTS) is 1. The number of fused-ring (bicyclic) bond motifs is 1. The van der Waals surface area contributed by atoms with Crippen molar-refractivity contribution in [3.8, 4) is 11.1 Å². The van der Waals surface area contributed by atoms with Crippen molar-refractivity contribution in [2.24, 2.45) is 0 Å². The highest BCUT2D eigenvalue weighted by atomic mass is 19.1. The molecule has 21 heavy (non-hydrogen) atoms. The first-order valence-corrected chi connectivity index (χ1v) is 6.34. The number of rotatable bonds is 3. The molecule has 0 fully saturated rings. The molecule has 6 heteroatoms. The average molecular weight is 285 g/mol. The third-order valence-electron chi connectivity index (χ3n) is 3.27. The van der Waals surface area contributed by atoms with E-state index in [1.807, 2.05) is 6.07 Å². The molecule has 0 unspecified atom stereocenters. The van der Waals surface area contributed by atoms with E-state index >= 15 is 0 Å². The summed E-state index contributed by atoms with van der Waals surface area (Å²) in [7, 11) is 0. The Kier molecular flexibility index (Phi) is 3.13. The van der Waals surface area contributed by atoms with Crippen molar-refractivity contribution < 1.29 is 14.3 Å². The maximum absolute atomic E-state index is 13.3. The second-order valence-corrected chi connectivity index (χ2v) is 4.79. The van der Waals surface area contributed by atoms with Gasteiger partial charge in [0.2, 0.25) is 0 Å². The van der Waals surface area contributed by atoms with Gasteiger partial charge >= 0.3 is 5.97 Å². The van der Waals surface area contributed by atoms with Gasteiger partial charge in [0.25, 0.3) is 0 Å². The molecule has 3 rings (SSSR count). The van der Waals surface area contributed by atoms with Crippen LogP contribution in [0.25, 0.3) is 22.2 Å². The van der Waals surface area contributed by atoms with Gasteiger partial charge in [-0.15, -0.1) is 0 Å². The monoisotopic (exact) mass is 285 g/mol. The lowest BCUT2D eigenvalue weighted by Gasteiger charge is -2.05. The molecule has 1 N–H and O–H groups in total. The van der Waals surface area contributed by atoms with Crippen LogP contribution in [0.2, 0.25) is 0 Å². The Labute approximate surface area is 119 Å². The normalized spacial score (nSPS) is 11.0. The van der Waals surface area contributed by atoms with E-state index in [1.54, 1.807) is 25.3 Å². The Bertz CT molecular complexity index is 842. The SMILES string of the molecule is Cc1cc(-c2cnc3cnn(CC(=O)O)c3c2)ccc1F. The average Bonchev–Trinajstić information content (AvgIpc) is 2.84. The van der Waals surface area contributed by atoms with E-state index in [9.17, 15) is 9.18 Å². The number of halogens is 1. The Morgan fingerprint density at radius 2 is 2.10 bits per heavy atom. The van der Waals surface area contributed by atoms with E-state index in [1.165, 1.54) is 16.9 Å². The molecule has 0 spiro atoms. The quantitative estimate of drug-likeness (QED) is 0.803. The van der Waals surface area contributed by atoms with Crippen LogP contribution in [0.15, 0.2) is 36.7 Å². The van der Waals surface area contributed by atoms with Crippen LogP contribution in [0, 0.1) is 12.7 Å². The second-order valence-electron chi connectivity index (χ2n) is 4.79. The van der Waals surface area contributed by atoms with Gasteiger partial charge in [-0.2, -0.15) is 5.10 Å². The van der Waals surface area contributed by atoms with E-state index in [2.05, 4.69) is 10.1 Å². The van der Waals surface area contributed by atoms with Crippen molar-refractivity contribution in [2.75, 3.05) is 0 Å². The van der Waals surface area contributed by atoms with Crippen molar-refractivity contribution in [3.63, 3.8) is 0 Å². The third kappa shape index (κ3) is 2.47. The fourth-order valence-electron chi connectivity index (χ4n) is 2.19. The van der Waals surface area contributed by atoms with Crippen LogP contribution >= 0.6 is 0 Å². The van der Waals surface area contributed by atoms with Crippen LogP contribution in [-0.2, 0) is 11.3 Å². The maximum Gasteiger partial charge on any atom is 0.325 e. The largest absolute Gasteiger partial charge is 0.480 e. The summed E-state index contributed by atoms with van der Waals surface area (Å²) in [5.41, 5.74) is 3.42. The first kappa shape index (κ1) is 13.2. The molecular weight excluding hydrogens is 273 g/mol. The smallest absolute Gasteiger partial charge is 0.325 e. The van der Waals surface area contributed by atoms with Gasteiger partial charge in [0.05, 0.1) is 11.7 Å². The van der Waals surface area contributed by atoms with E-state index < -0.39 is 5.97 Å². The molecule has 2 heterocycles. The van der Waals surface area contributed by atoms with Gasteiger partial charge in [-0.1, -0.05) is 6.07 Å². The minimum atomic E-state index is -0.969. The minimum Gasteiger partial charge on any atom is -0.480 e. The summed E-state index contributed by atoms with van der Waals surface area (Å²) in [4.78, 5) is 15.1. The molecule has 0 atom stereocenters. The first-order valence-electron chi connectivity index (χ1n) is 6.34. The standard InChI is InChI=1S/C15H12FN3O2/c1-9-4-10(2-3-12(9)16)11-5-14-13(17-6-11)7-18-19(14)8-15(20)21/h2-7H,8H2,1H3,(H,20,21). The molecule has 0 amide bonds. The molecule has 0 saturated heterocycles. The Morgan fingerprint density at radius 3 is 2.81 bits per heavy atom. The first-order chi connectivity index (χ1) is 10.0. The second kappa shape index (κ2) is 4.97. The highest BCUT2D eigenvalue weighted by molar-refractivity contribution is 5.81. The lowest BCUT2D eigenvalue weighted by atomic mass is 10.0. The van der Waals surface area contributed by atoms with Crippen LogP contribution in [0.1, 0.15) is 5.56 Å². The number of carbonyl (C=O) groups is 1. The van der Waals surface area contributed by atoms with E-state index in [-0.39, 0.29) is 12.4 Å². The number of aryl methyl sites for hydroxylation is 1. The Hall–Kier alpha value is -2.76. The van der Waals surface area contributed by atoms with E-state index in [4.69, 9.17) is 5.11 Å². The predicted octanol–water partition coefficient (Wildman–Crippen LogP) is 2.63. The Balaban J connectivity index is 2.10. The fourth-order valence-corrected chi connectivity index (χ4v) is 2.19. The zero-order chi connectivity index (χ0) is 15.0. The number of aliphatic carboxylic acids is 1. The molecule has 0 aliphatic heterocycles. The van der Waals surface area contributed by atoms with Gasteiger partial charge in [0.1, 0.15) is 17.9 Å². The van der Waals surface area contributed by atoms with Gasteiger partial charge in [-0.3, -0.25) is 14.5 Å². The van der Waals surface area contributed by atoms with Crippen LogP contribution in [0.5, 0.6) is 0 Å². The number of pyridine rings is 1. The summed E-state index contributed by atoms with van der Waals surface area (Å²) in [6.45, 7) is 1.47. The summed E-state index contributed by atoms with van der Waals surface area (Å²) >= 11 is 0. The van der Waals surface area contributed by atoms with Crippen LogP contribution < -0.4 is 0 Å². The summed E-state index contributed by atoms with van der Waals surface area (Å²) in [6, 6.07) is 6.62. The summed E-state index contributed by atoms with van der Waals surface area (Å²) in [5.74, 6) is -1.23. The predicted molar refractivity (Wildman–Crippen MR) is 75.3 cm³/mol. The molecule has 5 nitrogen and oxygen atoms in total. The summed E-state index contributed by atoms with van der Waals surface area (Å²) in [5, 5.41) is 12.9. The number of nitrogens with zero attached hydrogens (tertiary/aromatic N) is 3. The maximum atomic E-state index is 13.3. The van der Waals surface area contributed by atoms with Crippen molar-refractivity contribution in [3.05, 3.63) is 48.0 Å². The van der Waals surface area contributed by atoms with Gasteiger partial charge in [0.15, 0.2) is 0 Å². The lowest BCUT2D eigenvalue weighted by Crippen LogP contribution is -2.09. The minimum absolute atomic E-state index is 0.225. The number of benzene rings is 1. The molecule has 0 bridgehead atoms. The fraction of sp³-hybridized carbons (Fsp3) is 0.133. The van der Waals surface area contributed by atoms with E-state index in [0.717, 1.165) is 11.1 Å². The van der Waals surface area contributed by atoms with E-state index in [0.29, 0.717) is 16.6 Å². The molecule has 3 aromatic rings. The topological polar surface area (TPSA) is 68.0 Å². The lowest BCUT2D eigenvalue weighted by molar-refractivity contribution is -0.137. The van der Waals surface area contributed by atoms with Crippen molar-refractivity contribution in [1.29, 1.82) is 0 Å². The zero-order valence-electron chi connectivity index (χ0n) is 11.2. The number of hydrogen-bond donors (Lipinski definition) is 1. The molecule has 106 valence electrons.